The van der Waals surface area contributed by atoms with Crippen LogP contribution in [0.15, 0.2) is 48.5 Å². The quantitative estimate of drug-likeness (QED) is 0.589. The number of amides is 2. The Kier molecular flexibility index (Phi) is 7.31. The Morgan fingerprint density at radius 1 is 0.939 bits per heavy atom. The second-order valence-corrected chi connectivity index (χ2v) is 7.78. The van der Waals surface area contributed by atoms with Gasteiger partial charge in [-0.2, -0.15) is 26.3 Å². The predicted molar refractivity (Wildman–Crippen MR) is 110 cm³/mol. The second kappa shape index (κ2) is 9.82. The van der Waals surface area contributed by atoms with Crippen LogP contribution >= 0.6 is 0 Å². The molecule has 0 radical (unpaired) electrons. The predicted octanol–water partition coefficient (Wildman–Crippen LogP) is 5.17. The van der Waals surface area contributed by atoms with Crippen LogP contribution in [-0.4, -0.2) is 42.5 Å². The Labute approximate surface area is 185 Å². The van der Waals surface area contributed by atoms with Crippen LogP contribution in [-0.2, 0) is 11.0 Å². The van der Waals surface area contributed by atoms with Crippen LogP contribution in [0.4, 0.5) is 37.7 Å². The molecule has 1 heterocycles. The number of nitrogens with zero attached hydrogens (tertiary/aromatic N) is 1. The summed E-state index contributed by atoms with van der Waals surface area (Å²) in [5, 5.41) is 4.91. The van der Waals surface area contributed by atoms with Gasteiger partial charge in [-0.1, -0.05) is 12.1 Å². The molecule has 1 aliphatic heterocycles. The van der Waals surface area contributed by atoms with Gasteiger partial charge in [-0.3, -0.25) is 14.5 Å². The average Bonchev–Trinajstić information content (AvgIpc) is 2.73. The lowest BCUT2D eigenvalue weighted by Gasteiger charge is -2.33. The molecule has 1 unspecified atom stereocenters. The van der Waals surface area contributed by atoms with E-state index in [1.54, 1.807) is 0 Å². The van der Waals surface area contributed by atoms with Crippen molar-refractivity contribution in [1.82, 2.24) is 4.90 Å². The van der Waals surface area contributed by atoms with Gasteiger partial charge in [0.2, 0.25) is 5.91 Å². The molecule has 0 bridgehead atoms. The molecular weight excluding hydrogens is 452 g/mol. The molecule has 2 aromatic rings. The summed E-state index contributed by atoms with van der Waals surface area (Å²) in [5.74, 6) is -2.69. The van der Waals surface area contributed by atoms with E-state index in [1.807, 2.05) is 0 Å². The van der Waals surface area contributed by atoms with Gasteiger partial charge in [-0.05, 0) is 55.8 Å². The topological polar surface area (TPSA) is 61.4 Å². The van der Waals surface area contributed by atoms with Crippen molar-refractivity contribution in [3.8, 4) is 0 Å². The number of carbonyl (C=O) groups excluding carboxylic acids is 2. The first-order valence-corrected chi connectivity index (χ1v) is 10.1. The number of carbonyl (C=O) groups is 2. The molecule has 1 saturated heterocycles. The Bertz CT molecular complexity index is 1010. The SMILES string of the molecule is O=C(CN1CCCC(C(F)(F)F)C1)Nc1cccc(C(=O)Nc2cccc(C(F)(F)F)c2)c1. The number of hydrogen-bond donors (Lipinski definition) is 2. The lowest BCUT2D eigenvalue weighted by molar-refractivity contribution is -0.186. The largest absolute Gasteiger partial charge is 0.416 e. The number of alkyl halides is 6. The van der Waals surface area contributed by atoms with Crippen molar-refractivity contribution in [1.29, 1.82) is 0 Å². The molecule has 0 aromatic heterocycles. The highest BCUT2D eigenvalue weighted by molar-refractivity contribution is 6.05. The number of anilines is 2. The third-order valence-electron chi connectivity index (χ3n) is 5.19. The molecule has 0 spiro atoms. The number of rotatable bonds is 5. The first-order valence-electron chi connectivity index (χ1n) is 10.1. The van der Waals surface area contributed by atoms with Gasteiger partial charge in [0.25, 0.3) is 5.91 Å². The zero-order valence-electron chi connectivity index (χ0n) is 17.3. The summed E-state index contributed by atoms with van der Waals surface area (Å²) in [7, 11) is 0. The first-order chi connectivity index (χ1) is 15.4. The first kappa shape index (κ1) is 24.6. The molecule has 0 aliphatic carbocycles. The van der Waals surface area contributed by atoms with Gasteiger partial charge in [0.1, 0.15) is 0 Å². The average molecular weight is 473 g/mol. The van der Waals surface area contributed by atoms with Gasteiger partial charge in [-0.15, -0.1) is 0 Å². The molecule has 0 saturated carbocycles. The fourth-order valence-electron chi connectivity index (χ4n) is 3.58. The molecule has 1 atom stereocenters. The lowest BCUT2D eigenvalue weighted by Crippen LogP contribution is -2.44. The molecule has 2 N–H and O–H groups in total. The molecule has 2 amide bonds. The molecule has 5 nitrogen and oxygen atoms in total. The third-order valence-corrected chi connectivity index (χ3v) is 5.19. The summed E-state index contributed by atoms with van der Waals surface area (Å²) in [6, 6.07) is 9.86. The molecule has 3 rings (SSSR count). The third kappa shape index (κ3) is 6.95. The minimum Gasteiger partial charge on any atom is -0.325 e. The number of benzene rings is 2. The van der Waals surface area contributed by atoms with Crippen LogP contribution < -0.4 is 10.6 Å². The van der Waals surface area contributed by atoms with E-state index < -0.39 is 35.6 Å². The van der Waals surface area contributed by atoms with Gasteiger partial charge in [-0.25, -0.2) is 0 Å². The Balaban J connectivity index is 1.60. The molecule has 11 heteroatoms. The van der Waals surface area contributed by atoms with Crippen molar-refractivity contribution in [2.24, 2.45) is 5.92 Å². The van der Waals surface area contributed by atoms with E-state index in [4.69, 9.17) is 0 Å². The highest BCUT2D eigenvalue weighted by Crippen LogP contribution is 2.33. The van der Waals surface area contributed by atoms with Crippen LogP contribution in [0.5, 0.6) is 0 Å². The number of nitrogens with one attached hydrogen (secondary N) is 2. The second-order valence-electron chi connectivity index (χ2n) is 7.78. The van der Waals surface area contributed by atoms with E-state index in [1.165, 1.54) is 41.3 Å². The number of hydrogen-bond acceptors (Lipinski definition) is 3. The monoisotopic (exact) mass is 473 g/mol. The summed E-state index contributed by atoms with van der Waals surface area (Å²) < 4.78 is 77.3. The molecule has 1 aliphatic rings. The molecule has 33 heavy (non-hydrogen) atoms. The van der Waals surface area contributed by atoms with Gasteiger partial charge in [0.05, 0.1) is 18.0 Å². The smallest absolute Gasteiger partial charge is 0.325 e. The zero-order chi connectivity index (χ0) is 24.2. The van der Waals surface area contributed by atoms with Crippen molar-refractivity contribution in [3.05, 3.63) is 59.7 Å². The van der Waals surface area contributed by atoms with E-state index >= 15 is 0 Å². The van der Waals surface area contributed by atoms with Gasteiger partial charge in [0.15, 0.2) is 0 Å². The highest BCUT2D eigenvalue weighted by Gasteiger charge is 2.41. The van der Waals surface area contributed by atoms with Crippen molar-refractivity contribution in [2.45, 2.75) is 25.2 Å². The molecule has 178 valence electrons. The van der Waals surface area contributed by atoms with Crippen molar-refractivity contribution in [3.63, 3.8) is 0 Å². The van der Waals surface area contributed by atoms with Crippen LogP contribution in [0.1, 0.15) is 28.8 Å². The van der Waals surface area contributed by atoms with Gasteiger partial charge >= 0.3 is 12.4 Å². The summed E-state index contributed by atoms with van der Waals surface area (Å²) >= 11 is 0. The van der Waals surface area contributed by atoms with Gasteiger partial charge < -0.3 is 10.6 Å². The summed E-state index contributed by atoms with van der Waals surface area (Å²) in [6.07, 6.45) is -8.50. The van der Waals surface area contributed by atoms with E-state index in [2.05, 4.69) is 10.6 Å². The Morgan fingerprint density at radius 2 is 1.61 bits per heavy atom. The fraction of sp³-hybridized carbons (Fsp3) is 0.364. The Hall–Kier alpha value is -3.08. The minimum absolute atomic E-state index is 0.0324. The Morgan fingerprint density at radius 3 is 2.27 bits per heavy atom. The van der Waals surface area contributed by atoms with Crippen LogP contribution in [0.25, 0.3) is 0 Å². The minimum atomic E-state index is -4.56. The lowest BCUT2D eigenvalue weighted by atomic mass is 9.97. The zero-order valence-corrected chi connectivity index (χ0v) is 17.3. The van der Waals surface area contributed by atoms with Crippen molar-refractivity contribution < 1.29 is 35.9 Å². The van der Waals surface area contributed by atoms with E-state index in [-0.39, 0.29) is 36.4 Å². The number of piperidine rings is 1. The van der Waals surface area contributed by atoms with Crippen LogP contribution in [0, 0.1) is 5.92 Å². The van der Waals surface area contributed by atoms with Crippen molar-refractivity contribution in [2.75, 3.05) is 30.3 Å². The van der Waals surface area contributed by atoms with E-state index in [9.17, 15) is 35.9 Å². The normalized spacial score (nSPS) is 17.5. The van der Waals surface area contributed by atoms with E-state index in [0.717, 1.165) is 12.1 Å². The maximum atomic E-state index is 12.9. The molecule has 2 aromatic carbocycles. The maximum absolute atomic E-state index is 12.9. The standard InChI is InChI=1S/C22H21F6N3O2/c23-21(24,25)15-5-2-8-18(11-15)30-20(33)14-4-1-7-17(10-14)29-19(32)13-31-9-3-6-16(12-31)22(26,27)28/h1-2,4-5,7-8,10-11,16H,3,6,9,12-13H2,(H,29,32)(H,30,33). The fourth-order valence-corrected chi connectivity index (χ4v) is 3.58. The summed E-state index contributed by atoms with van der Waals surface area (Å²) in [6.45, 7) is -0.108. The number of halogens is 6. The maximum Gasteiger partial charge on any atom is 0.416 e. The summed E-state index contributed by atoms with van der Waals surface area (Å²) in [5.41, 5.74) is -0.637. The van der Waals surface area contributed by atoms with E-state index in [0.29, 0.717) is 13.0 Å². The molecule has 1 fully saturated rings. The van der Waals surface area contributed by atoms with Crippen LogP contribution in [0.3, 0.4) is 0 Å². The van der Waals surface area contributed by atoms with Gasteiger partial charge in [0, 0.05) is 23.5 Å². The molecular formula is C22H21F6N3O2. The van der Waals surface area contributed by atoms with Crippen LogP contribution in [0.2, 0.25) is 0 Å². The highest BCUT2D eigenvalue weighted by atomic mass is 19.4. The van der Waals surface area contributed by atoms with Crippen molar-refractivity contribution >= 4 is 23.2 Å². The summed E-state index contributed by atoms with van der Waals surface area (Å²) in [4.78, 5) is 26.2. The number of likely N-dealkylation sites (tertiary alicyclic amines) is 1.